The maximum absolute atomic E-state index is 13.8. The van der Waals surface area contributed by atoms with E-state index in [4.69, 9.17) is 0 Å². The molecule has 0 fully saturated rings. The largest absolute Gasteiger partial charge is 0.466 e. The van der Waals surface area contributed by atoms with Crippen LogP contribution in [0.5, 0.6) is 0 Å². The number of esters is 1. The minimum absolute atomic E-state index is 0.284. The number of carbonyl (C=O) groups is 1. The maximum atomic E-state index is 13.8. The Hall–Kier alpha value is -1.52. The van der Waals surface area contributed by atoms with Gasteiger partial charge in [-0.3, -0.25) is 0 Å². The number of alkyl halides is 1. The summed E-state index contributed by atoms with van der Waals surface area (Å²) in [6.45, 7) is 0.922. The van der Waals surface area contributed by atoms with Crippen molar-refractivity contribution in [3.05, 3.63) is 35.4 Å². The molecule has 82 valence electrons. The average molecular weight is 218 g/mol. The molecule has 0 aliphatic rings. The quantitative estimate of drug-likeness (QED) is 0.712. The van der Waals surface area contributed by atoms with Crippen LogP contribution in [-0.2, 0) is 15.2 Å². The van der Waals surface area contributed by atoms with Crippen LogP contribution >= 0.6 is 0 Å². The van der Waals surface area contributed by atoms with Gasteiger partial charge in [0.15, 0.2) is 11.6 Å². The Bertz CT molecular complexity index is 388. The number of rotatable bonds is 2. The maximum Gasteiger partial charge on any atom is 0.348 e. The molecule has 0 spiro atoms. The third kappa shape index (κ3) is 2.11. The molecule has 1 atom stereocenters. The molecule has 0 aromatic heterocycles. The zero-order valence-corrected chi connectivity index (χ0v) is 8.18. The van der Waals surface area contributed by atoms with E-state index in [2.05, 4.69) is 4.74 Å². The van der Waals surface area contributed by atoms with Crippen molar-refractivity contribution in [1.29, 1.82) is 0 Å². The van der Waals surface area contributed by atoms with Crippen molar-refractivity contribution in [2.75, 3.05) is 7.11 Å². The molecule has 1 aromatic rings. The Labute approximate surface area is 84.7 Å². The number of benzene rings is 1. The highest BCUT2D eigenvalue weighted by Gasteiger charge is 2.36. The first-order valence-electron chi connectivity index (χ1n) is 4.12. The second-order valence-corrected chi connectivity index (χ2v) is 3.12. The summed E-state index contributed by atoms with van der Waals surface area (Å²) in [6, 6.07) is 2.38. The summed E-state index contributed by atoms with van der Waals surface area (Å²) in [7, 11) is 1.01. The molecule has 0 bridgehead atoms. The first kappa shape index (κ1) is 11.6. The normalized spacial score (nSPS) is 14.5. The third-order valence-corrected chi connectivity index (χ3v) is 2.03. The summed E-state index contributed by atoms with van der Waals surface area (Å²) in [6.07, 6.45) is 0. The fourth-order valence-electron chi connectivity index (χ4n) is 1.10. The molecule has 0 saturated heterocycles. The van der Waals surface area contributed by atoms with E-state index in [0.717, 1.165) is 26.2 Å². The zero-order valence-electron chi connectivity index (χ0n) is 8.18. The summed E-state index contributed by atoms with van der Waals surface area (Å²) >= 11 is 0. The molecular weight excluding hydrogens is 209 g/mol. The predicted molar refractivity (Wildman–Crippen MR) is 46.8 cm³/mol. The van der Waals surface area contributed by atoms with Gasteiger partial charge in [-0.1, -0.05) is 6.07 Å². The van der Waals surface area contributed by atoms with Crippen molar-refractivity contribution in [1.82, 2.24) is 0 Å². The molecule has 0 saturated carbocycles. The second kappa shape index (κ2) is 3.92. The molecule has 2 nitrogen and oxygen atoms in total. The Morgan fingerprint density at radius 2 is 1.93 bits per heavy atom. The topological polar surface area (TPSA) is 26.3 Å². The zero-order chi connectivity index (χ0) is 11.6. The van der Waals surface area contributed by atoms with Gasteiger partial charge in [-0.2, -0.15) is 0 Å². The lowest BCUT2D eigenvalue weighted by Gasteiger charge is -2.17. The summed E-state index contributed by atoms with van der Waals surface area (Å²) in [5.74, 6) is -3.46. The van der Waals surface area contributed by atoms with Crippen molar-refractivity contribution < 1.29 is 22.7 Å². The standard InChI is InChI=1S/C10H9F3O2/c1-10(13,9(14)15-2)6-3-4-7(11)8(12)5-6/h3-5H,1-2H3. The monoisotopic (exact) mass is 218 g/mol. The van der Waals surface area contributed by atoms with Crippen LogP contribution in [0.1, 0.15) is 12.5 Å². The minimum atomic E-state index is -2.48. The van der Waals surface area contributed by atoms with Crippen LogP contribution in [-0.4, -0.2) is 13.1 Å². The first-order chi connectivity index (χ1) is 6.89. The van der Waals surface area contributed by atoms with Crippen molar-refractivity contribution in [2.24, 2.45) is 0 Å². The molecule has 15 heavy (non-hydrogen) atoms. The van der Waals surface area contributed by atoms with Crippen molar-refractivity contribution in [3.63, 3.8) is 0 Å². The lowest BCUT2D eigenvalue weighted by Crippen LogP contribution is -2.28. The summed E-state index contributed by atoms with van der Waals surface area (Å²) < 4.78 is 43.3. The van der Waals surface area contributed by atoms with Crippen LogP contribution < -0.4 is 0 Å². The highest BCUT2D eigenvalue weighted by Crippen LogP contribution is 2.27. The lowest BCUT2D eigenvalue weighted by molar-refractivity contribution is -0.154. The van der Waals surface area contributed by atoms with Crippen molar-refractivity contribution in [2.45, 2.75) is 12.6 Å². The molecular formula is C10H9F3O2. The Morgan fingerprint density at radius 1 is 1.33 bits per heavy atom. The van der Waals surface area contributed by atoms with Gasteiger partial charge in [-0.05, 0) is 19.1 Å². The Balaban J connectivity index is 3.16. The van der Waals surface area contributed by atoms with Crippen LogP contribution in [0.4, 0.5) is 13.2 Å². The second-order valence-electron chi connectivity index (χ2n) is 3.12. The number of halogens is 3. The van der Waals surface area contributed by atoms with Crippen molar-refractivity contribution >= 4 is 5.97 Å². The lowest BCUT2D eigenvalue weighted by atomic mass is 9.98. The fourth-order valence-corrected chi connectivity index (χ4v) is 1.10. The summed E-state index contributed by atoms with van der Waals surface area (Å²) in [5.41, 5.74) is -2.77. The van der Waals surface area contributed by atoms with E-state index in [1.807, 2.05) is 0 Å². The van der Waals surface area contributed by atoms with Crippen LogP contribution in [0, 0.1) is 11.6 Å². The molecule has 0 amide bonds. The number of hydrogen-bond donors (Lipinski definition) is 0. The van der Waals surface area contributed by atoms with Crippen LogP contribution in [0.3, 0.4) is 0 Å². The minimum Gasteiger partial charge on any atom is -0.466 e. The molecule has 0 radical (unpaired) electrons. The van der Waals surface area contributed by atoms with E-state index in [9.17, 15) is 18.0 Å². The van der Waals surface area contributed by atoms with E-state index >= 15 is 0 Å². The van der Waals surface area contributed by atoms with E-state index < -0.39 is 23.3 Å². The van der Waals surface area contributed by atoms with Gasteiger partial charge in [0.25, 0.3) is 0 Å². The Morgan fingerprint density at radius 3 is 2.40 bits per heavy atom. The number of hydrogen-bond acceptors (Lipinski definition) is 2. The highest BCUT2D eigenvalue weighted by atomic mass is 19.2. The van der Waals surface area contributed by atoms with Crippen LogP contribution in [0.2, 0.25) is 0 Å². The van der Waals surface area contributed by atoms with Gasteiger partial charge in [0.2, 0.25) is 5.67 Å². The van der Waals surface area contributed by atoms with Crippen molar-refractivity contribution in [3.8, 4) is 0 Å². The van der Waals surface area contributed by atoms with E-state index in [1.54, 1.807) is 0 Å². The number of carbonyl (C=O) groups excluding carboxylic acids is 1. The number of methoxy groups -OCH3 is 1. The molecule has 0 aliphatic heterocycles. The Kier molecular flexibility index (Phi) is 3.02. The first-order valence-corrected chi connectivity index (χ1v) is 4.12. The average Bonchev–Trinajstić information content (AvgIpc) is 2.20. The van der Waals surface area contributed by atoms with E-state index in [1.165, 1.54) is 0 Å². The smallest absolute Gasteiger partial charge is 0.348 e. The molecule has 1 unspecified atom stereocenters. The van der Waals surface area contributed by atoms with Gasteiger partial charge in [0.1, 0.15) is 0 Å². The van der Waals surface area contributed by atoms with Gasteiger partial charge in [0.05, 0.1) is 7.11 Å². The highest BCUT2D eigenvalue weighted by molar-refractivity contribution is 5.80. The summed E-state index contributed by atoms with van der Waals surface area (Å²) in [4.78, 5) is 11.0. The fraction of sp³-hybridized carbons (Fsp3) is 0.300. The van der Waals surface area contributed by atoms with Crippen LogP contribution in [0.15, 0.2) is 18.2 Å². The third-order valence-electron chi connectivity index (χ3n) is 2.03. The molecule has 5 heteroatoms. The SMILES string of the molecule is COC(=O)C(C)(F)c1ccc(F)c(F)c1. The van der Waals surface area contributed by atoms with Crippen LogP contribution in [0.25, 0.3) is 0 Å². The van der Waals surface area contributed by atoms with E-state index in [0.29, 0.717) is 6.07 Å². The van der Waals surface area contributed by atoms with Gasteiger partial charge in [-0.15, -0.1) is 0 Å². The molecule has 1 aromatic carbocycles. The predicted octanol–water partition coefficient (Wildman–Crippen LogP) is 2.32. The van der Waals surface area contributed by atoms with Gasteiger partial charge < -0.3 is 4.74 Å². The molecule has 0 heterocycles. The molecule has 0 aliphatic carbocycles. The van der Waals surface area contributed by atoms with Gasteiger partial charge in [0, 0.05) is 5.56 Å². The molecule has 1 rings (SSSR count). The molecule has 0 N–H and O–H groups in total. The summed E-state index contributed by atoms with van der Waals surface area (Å²) in [5, 5.41) is 0. The van der Waals surface area contributed by atoms with Gasteiger partial charge >= 0.3 is 5.97 Å². The van der Waals surface area contributed by atoms with Gasteiger partial charge in [-0.25, -0.2) is 18.0 Å². The number of ether oxygens (including phenoxy) is 1. The van der Waals surface area contributed by atoms with E-state index in [-0.39, 0.29) is 5.56 Å².